The Morgan fingerprint density at radius 2 is 2.20 bits per heavy atom. The molecule has 1 unspecified atom stereocenters. The monoisotopic (exact) mass is 134 g/mol. The molecule has 10 heavy (non-hydrogen) atoms. The standard InChI is InChI=1S/C8H6O2/c9-7-4-8(10)6-3-1-2-5(6)7/h1-3,5H,4H2. The molecule has 0 aromatic rings. The first-order valence-corrected chi connectivity index (χ1v) is 3.23. The third kappa shape index (κ3) is 0.533. The molecule has 2 aliphatic carbocycles. The molecule has 50 valence electrons. The van der Waals surface area contributed by atoms with Gasteiger partial charge in [-0.3, -0.25) is 9.59 Å². The first kappa shape index (κ1) is 5.59. The second kappa shape index (κ2) is 1.66. The largest absolute Gasteiger partial charge is 0.298 e. The number of Topliss-reactive ketones (excluding diaryl/α,β-unsaturated/α-hetero) is 2. The summed E-state index contributed by atoms with van der Waals surface area (Å²) in [7, 11) is 0. The Hall–Kier alpha value is -1.18. The Kier molecular flexibility index (Phi) is 0.926. The lowest BCUT2D eigenvalue weighted by Gasteiger charge is -1.93. The van der Waals surface area contributed by atoms with E-state index in [2.05, 4.69) is 0 Å². The maximum Gasteiger partial charge on any atom is 0.167 e. The first-order chi connectivity index (χ1) is 4.79. The van der Waals surface area contributed by atoms with Crippen molar-refractivity contribution in [2.45, 2.75) is 6.42 Å². The van der Waals surface area contributed by atoms with Crippen LogP contribution in [0.1, 0.15) is 6.42 Å². The highest BCUT2D eigenvalue weighted by Crippen LogP contribution is 2.29. The van der Waals surface area contributed by atoms with Gasteiger partial charge in [0, 0.05) is 5.57 Å². The quantitative estimate of drug-likeness (QED) is 0.455. The summed E-state index contributed by atoms with van der Waals surface area (Å²) >= 11 is 0. The van der Waals surface area contributed by atoms with Gasteiger partial charge in [0.1, 0.15) is 0 Å². The topological polar surface area (TPSA) is 34.1 Å². The van der Waals surface area contributed by atoms with Gasteiger partial charge in [0.2, 0.25) is 0 Å². The third-order valence-corrected chi connectivity index (χ3v) is 1.92. The third-order valence-electron chi connectivity index (χ3n) is 1.92. The molecular formula is C8H6O2. The smallest absolute Gasteiger partial charge is 0.167 e. The van der Waals surface area contributed by atoms with E-state index >= 15 is 0 Å². The van der Waals surface area contributed by atoms with E-state index in [0.29, 0.717) is 5.57 Å². The predicted octanol–water partition coefficient (Wildman–Crippen LogP) is 0.641. The second-order valence-electron chi connectivity index (χ2n) is 2.55. The Labute approximate surface area is 58.2 Å². The lowest BCUT2D eigenvalue weighted by molar-refractivity contribution is -0.122. The van der Waals surface area contributed by atoms with Crippen molar-refractivity contribution in [2.75, 3.05) is 0 Å². The van der Waals surface area contributed by atoms with Crippen molar-refractivity contribution in [1.82, 2.24) is 0 Å². The van der Waals surface area contributed by atoms with E-state index in [1.807, 2.05) is 0 Å². The zero-order chi connectivity index (χ0) is 7.14. The molecule has 0 amide bonds. The zero-order valence-corrected chi connectivity index (χ0v) is 5.33. The van der Waals surface area contributed by atoms with Crippen LogP contribution in [-0.4, -0.2) is 11.6 Å². The number of allylic oxidation sites excluding steroid dienone is 4. The molecule has 0 N–H and O–H groups in total. The zero-order valence-electron chi connectivity index (χ0n) is 5.33. The minimum Gasteiger partial charge on any atom is -0.298 e. The molecule has 0 saturated heterocycles. The van der Waals surface area contributed by atoms with Crippen molar-refractivity contribution in [3.8, 4) is 0 Å². The van der Waals surface area contributed by atoms with E-state index in [0.717, 1.165) is 0 Å². The molecule has 0 radical (unpaired) electrons. The van der Waals surface area contributed by atoms with Gasteiger partial charge in [0.25, 0.3) is 0 Å². The van der Waals surface area contributed by atoms with E-state index in [1.165, 1.54) is 0 Å². The molecular weight excluding hydrogens is 128 g/mol. The molecule has 0 heterocycles. The van der Waals surface area contributed by atoms with E-state index in [-0.39, 0.29) is 23.9 Å². The maximum atomic E-state index is 11.0. The Bertz CT molecular complexity index is 271. The molecule has 2 aliphatic rings. The van der Waals surface area contributed by atoms with E-state index in [4.69, 9.17) is 0 Å². The molecule has 2 nitrogen and oxygen atoms in total. The molecule has 0 aromatic heterocycles. The van der Waals surface area contributed by atoms with Crippen LogP contribution in [0, 0.1) is 5.92 Å². The highest BCUT2D eigenvalue weighted by Gasteiger charge is 2.35. The van der Waals surface area contributed by atoms with Crippen molar-refractivity contribution in [1.29, 1.82) is 0 Å². The fourth-order valence-electron chi connectivity index (χ4n) is 1.40. The lowest BCUT2D eigenvalue weighted by Crippen LogP contribution is -2.01. The van der Waals surface area contributed by atoms with Crippen LogP contribution < -0.4 is 0 Å². The number of fused-ring (bicyclic) bond motifs is 1. The van der Waals surface area contributed by atoms with Crippen LogP contribution in [0.15, 0.2) is 23.8 Å². The summed E-state index contributed by atoms with van der Waals surface area (Å²) in [5, 5.41) is 0. The van der Waals surface area contributed by atoms with Gasteiger partial charge >= 0.3 is 0 Å². The van der Waals surface area contributed by atoms with Crippen LogP contribution in [-0.2, 0) is 9.59 Å². The Morgan fingerprint density at radius 1 is 1.40 bits per heavy atom. The summed E-state index contributed by atoms with van der Waals surface area (Å²) in [4.78, 5) is 21.9. The van der Waals surface area contributed by atoms with E-state index in [9.17, 15) is 9.59 Å². The Balaban J connectivity index is 2.47. The number of hydrogen-bond donors (Lipinski definition) is 0. The fraction of sp³-hybridized carbons (Fsp3) is 0.250. The number of carbonyl (C=O) groups excluding carboxylic acids is 2. The van der Waals surface area contributed by atoms with Crippen molar-refractivity contribution in [3.05, 3.63) is 23.8 Å². The molecule has 2 rings (SSSR count). The lowest BCUT2D eigenvalue weighted by atomic mass is 10.1. The van der Waals surface area contributed by atoms with Gasteiger partial charge in [-0.15, -0.1) is 0 Å². The average molecular weight is 134 g/mol. The minimum atomic E-state index is -0.188. The summed E-state index contributed by atoms with van der Waals surface area (Å²) in [6.07, 6.45) is 5.40. The summed E-state index contributed by atoms with van der Waals surface area (Å²) in [6.45, 7) is 0. The van der Waals surface area contributed by atoms with E-state index in [1.54, 1.807) is 18.2 Å². The number of hydrogen-bond acceptors (Lipinski definition) is 2. The first-order valence-electron chi connectivity index (χ1n) is 3.23. The second-order valence-corrected chi connectivity index (χ2v) is 2.55. The molecule has 0 spiro atoms. The van der Waals surface area contributed by atoms with Gasteiger partial charge < -0.3 is 0 Å². The molecule has 1 atom stereocenters. The van der Waals surface area contributed by atoms with Gasteiger partial charge in [0.15, 0.2) is 11.6 Å². The minimum absolute atomic E-state index is 0.000000000000000444. The van der Waals surface area contributed by atoms with Crippen LogP contribution in [0.5, 0.6) is 0 Å². The Morgan fingerprint density at radius 3 is 2.90 bits per heavy atom. The van der Waals surface area contributed by atoms with Crippen molar-refractivity contribution in [3.63, 3.8) is 0 Å². The average Bonchev–Trinajstić information content (AvgIpc) is 2.39. The number of ketones is 2. The van der Waals surface area contributed by atoms with Gasteiger partial charge in [-0.05, 0) is 0 Å². The molecule has 1 fully saturated rings. The van der Waals surface area contributed by atoms with Gasteiger partial charge in [-0.2, -0.15) is 0 Å². The highest BCUT2D eigenvalue weighted by molar-refractivity contribution is 6.19. The molecule has 0 bridgehead atoms. The summed E-state index contributed by atoms with van der Waals surface area (Å²) in [5.41, 5.74) is 0.685. The van der Waals surface area contributed by atoms with Crippen molar-refractivity contribution >= 4 is 11.6 Å². The van der Waals surface area contributed by atoms with Gasteiger partial charge in [0.05, 0.1) is 12.3 Å². The van der Waals surface area contributed by atoms with Gasteiger partial charge in [-0.1, -0.05) is 18.2 Å². The number of carbonyl (C=O) groups is 2. The maximum absolute atomic E-state index is 11.0. The number of rotatable bonds is 0. The summed E-state index contributed by atoms with van der Waals surface area (Å²) in [6, 6.07) is 0. The van der Waals surface area contributed by atoms with Crippen molar-refractivity contribution in [2.24, 2.45) is 5.92 Å². The van der Waals surface area contributed by atoms with Crippen molar-refractivity contribution < 1.29 is 9.59 Å². The fourth-order valence-corrected chi connectivity index (χ4v) is 1.40. The summed E-state index contributed by atoms with van der Waals surface area (Å²) < 4.78 is 0. The van der Waals surface area contributed by atoms with Crippen LogP contribution in [0.4, 0.5) is 0 Å². The SMILES string of the molecule is O=C1CC(=O)C2C=CC=C12. The van der Waals surface area contributed by atoms with E-state index < -0.39 is 0 Å². The van der Waals surface area contributed by atoms with Crippen LogP contribution in [0.2, 0.25) is 0 Å². The molecule has 2 heteroatoms. The molecule has 1 saturated carbocycles. The van der Waals surface area contributed by atoms with Crippen LogP contribution in [0.3, 0.4) is 0 Å². The molecule has 0 aliphatic heterocycles. The predicted molar refractivity (Wildman–Crippen MR) is 35.3 cm³/mol. The highest BCUT2D eigenvalue weighted by atomic mass is 16.2. The summed E-state index contributed by atoms with van der Waals surface area (Å²) in [5.74, 6) is -0.141. The van der Waals surface area contributed by atoms with Crippen LogP contribution >= 0.6 is 0 Å². The van der Waals surface area contributed by atoms with Gasteiger partial charge in [-0.25, -0.2) is 0 Å². The normalized spacial score (nSPS) is 29.2. The van der Waals surface area contributed by atoms with Crippen LogP contribution in [0.25, 0.3) is 0 Å². The molecule has 0 aromatic carbocycles.